The molecule has 22 heavy (non-hydrogen) atoms. The average molecular weight is 329 g/mol. The summed E-state index contributed by atoms with van der Waals surface area (Å²) in [5, 5.41) is 21.7. The number of benzene rings is 1. The number of sulfonamides is 1. The van der Waals surface area contributed by atoms with Gasteiger partial charge >= 0.3 is 6.09 Å². The lowest BCUT2D eigenvalue weighted by Crippen LogP contribution is -2.37. The first-order valence-electron chi connectivity index (χ1n) is 6.46. The summed E-state index contributed by atoms with van der Waals surface area (Å²) >= 11 is 0. The number of nitro groups is 1. The van der Waals surface area contributed by atoms with E-state index in [1.807, 2.05) is 0 Å². The maximum atomic E-state index is 12.2. The molecule has 3 N–H and O–H groups in total. The molecule has 1 aliphatic rings. The molecular weight excluding hydrogens is 314 g/mol. The molecule has 0 heterocycles. The van der Waals surface area contributed by atoms with Gasteiger partial charge in [0.05, 0.1) is 4.92 Å². The van der Waals surface area contributed by atoms with Crippen LogP contribution >= 0.6 is 0 Å². The summed E-state index contributed by atoms with van der Waals surface area (Å²) in [6.45, 7) is 0.170. The number of carbonyl (C=O) groups is 1. The summed E-state index contributed by atoms with van der Waals surface area (Å²) in [7, 11) is -4.03. The predicted octanol–water partition coefficient (Wildman–Crippen LogP) is 0.921. The Balaban J connectivity index is 2.09. The second-order valence-electron chi connectivity index (χ2n) is 5.21. The van der Waals surface area contributed by atoms with Crippen molar-refractivity contribution in [3.63, 3.8) is 0 Å². The number of nitro benzene ring substituents is 1. The van der Waals surface area contributed by atoms with Gasteiger partial charge in [0.2, 0.25) is 10.0 Å². The maximum absolute atomic E-state index is 12.2. The fourth-order valence-corrected chi connectivity index (χ4v) is 3.34. The lowest BCUT2D eigenvalue weighted by Gasteiger charge is -2.15. The highest BCUT2D eigenvalue weighted by atomic mass is 32.2. The third-order valence-electron chi connectivity index (χ3n) is 3.56. The quantitative estimate of drug-likeness (QED) is 0.502. The van der Waals surface area contributed by atoms with E-state index in [-0.39, 0.29) is 13.1 Å². The van der Waals surface area contributed by atoms with Crippen molar-refractivity contribution < 1.29 is 23.2 Å². The van der Waals surface area contributed by atoms with E-state index in [0.717, 1.165) is 12.1 Å². The molecule has 0 bridgehead atoms. The van der Waals surface area contributed by atoms with Gasteiger partial charge in [-0.1, -0.05) is 12.1 Å². The van der Waals surface area contributed by atoms with Crippen LogP contribution in [-0.4, -0.2) is 37.6 Å². The van der Waals surface area contributed by atoms with Crippen LogP contribution in [0.4, 0.5) is 10.5 Å². The molecular formula is C12H15N3O6S. The summed E-state index contributed by atoms with van der Waals surface area (Å²) in [6.07, 6.45) is 0.201. The van der Waals surface area contributed by atoms with Gasteiger partial charge in [-0.2, -0.15) is 0 Å². The normalized spacial score (nSPS) is 16.0. The monoisotopic (exact) mass is 329 g/mol. The number of nitrogens with one attached hydrogen (secondary N) is 2. The first-order valence-corrected chi connectivity index (χ1v) is 7.94. The van der Waals surface area contributed by atoms with Gasteiger partial charge in [-0.25, -0.2) is 17.9 Å². The summed E-state index contributed by atoms with van der Waals surface area (Å²) < 4.78 is 26.8. The van der Waals surface area contributed by atoms with Crippen LogP contribution in [0.3, 0.4) is 0 Å². The van der Waals surface area contributed by atoms with Crippen LogP contribution in [0.5, 0.6) is 0 Å². The van der Waals surface area contributed by atoms with E-state index in [0.29, 0.717) is 12.8 Å². The van der Waals surface area contributed by atoms with Crippen LogP contribution in [0.25, 0.3) is 0 Å². The van der Waals surface area contributed by atoms with E-state index in [1.54, 1.807) is 0 Å². The molecule has 0 atom stereocenters. The molecule has 1 aliphatic carbocycles. The lowest BCUT2D eigenvalue weighted by molar-refractivity contribution is -0.387. The van der Waals surface area contributed by atoms with Crippen molar-refractivity contribution in [2.75, 3.05) is 13.1 Å². The van der Waals surface area contributed by atoms with Crippen LogP contribution < -0.4 is 10.0 Å². The topological polar surface area (TPSA) is 139 Å². The molecule has 1 aromatic rings. The molecule has 0 aromatic heterocycles. The lowest BCUT2D eigenvalue weighted by atomic mass is 10.1. The van der Waals surface area contributed by atoms with Crippen LogP contribution in [-0.2, 0) is 10.0 Å². The number of nitrogens with zero attached hydrogens (tertiary/aromatic N) is 1. The van der Waals surface area contributed by atoms with Gasteiger partial charge in [-0.15, -0.1) is 0 Å². The zero-order valence-electron chi connectivity index (χ0n) is 11.5. The Morgan fingerprint density at radius 2 is 1.95 bits per heavy atom. The van der Waals surface area contributed by atoms with Gasteiger partial charge in [0.15, 0.2) is 4.90 Å². The van der Waals surface area contributed by atoms with E-state index in [9.17, 15) is 23.3 Å². The molecule has 0 saturated heterocycles. The Hall–Kier alpha value is -2.20. The molecule has 9 nitrogen and oxygen atoms in total. The molecule has 2 rings (SSSR count). The van der Waals surface area contributed by atoms with E-state index in [4.69, 9.17) is 5.11 Å². The van der Waals surface area contributed by atoms with Crippen LogP contribution in [0.2, 0.25) is 0 Å². The first kappa shape index (κ1) is 16.2. The second kappa shape index (κ2) is 5.89. The smallest absolute Gasteiger partial charge is 0.404 e. The molecule has 1 aromatic carbocycles. The molecule has 0 radical (unpaired) electrons. The molecule has 0 aliphatic heterocycles. The average Bonchev–Trinajstić information content (AvgIpc) is 3.24. The molecule has 10 heteroatoms. The molecule has 0 spiro atoms. The van der Waals surface area contributed by atoms with Crippen molar-refractivity contribution in [3.05, 3.63) is 34.4 Å². The van der Waals surface area contributed by atoms with Crippen molar-refractivity contribution in [3.8, 4) is 0 Å². The first-order chi connectivity index (χ1) is 10.3. The highest BCUT2D eigenvalue weighted by molar-refractivity contribution is 7.89. The van der Waals surface area contributed by atoms with Crippen LogP contribution in [0.15, 0.2) is 29.2 Å². The van der Waals surface area contributed by atoms with Gasteiger partial charge in [-0.3, -0.25) is 10.1 Å². The second-order valence-corrected chi connectivity index (χ2v) is 6.94. The van der Waals surface area contributed by atoms with Crippen LogP contribution in [0.1, 0.15) is 12.8 Å². The van der Waals surface area contributed by atoms with E-state index >= 15 is 0 Å². The number of para-hydroxylation sites is 1. The summed E-state index contributed by atoms with van der Waals surface area (Å²) in [4.78, 5) is 20.2. The van der Waals surface area contributed by atoms with Crippen molar-refractivity contribution in [1.82, 2.24) is 10.0 Å². The summed E-state index contributed by atoms with van der Waals surface area (Å²) in [5.41, 5.74) is -0.946. The number of hydrogen-bond acceptors (Lipinski definition) is 5. The Kier molecular flexibility index (Phi) is 4.33. The fraction of sp³-hybridized carbons (Fsp3) is 0.417. The molecule has 120 valence electrons. The SMILES string of the molecule is O=C(O)NCC1(CNS(=O)(=O)c2ccccc2[N+](=O)[O-])CC1. The molecule has 0 unspecified atom stereocenters. The van der Waals surface area contributed by atoms with Gasteiger partial charge in [0.1, 0.15) is 0 Å². The van der Waals surface area contributed by atoms with Crippen molar-refractivity contribution >= 4 is 21.8 Å². The largest absolute Gasteiger partial charge is 0.465 e. The summed E-state index contributed by atoms with van der Waals surface area (Å²) in [5.74, 6) is 0. The van der Waals surface area contributed by atoms with Gasteiger partial charge in [0.25, 0.3) is 5.69 Å². The van der Waals surface area contributed by atoms with Gasteiger partial charge in [0, 0.05) is 24.6 Å². The summed E-state index contributed by atoms with van der Waals surface area (Å²) in [6, 6.07) is 5.07. The van der Waals surface area contributed by atoms with Crippen LogP contribution in [0, 0.1) is 15.5 Å². The van der Waals surface area contributed by atoms with E-state index in [1.165, 1.54) is 12.1 Å². The van der Waals surface area contributed by atoms with Crippen molar-refractivity contribution in [1.29, 1.82) is 0 Å². The highest BCUT2D eigenvalue weighted by Crippen LogP contribution is 2.44. The number of carboxylic acid groups (broad SMARTS) is 1. The van der Waals surface area contributed by atoms with E-state index < -0.39 is 37.0 Å². The zero-order valence-corrected chi connectivity index (χ0v) is 12.3. The fourth-order valence-electron chi connectivity index (χ4n) is 2.02. The maximum Gasteiger partial charge on any atom is 0.404 e. The predicted molar refractivity (Wildman–Crippen MR) is 76.0 cm³/mol. The van der Waals surface area contributed by atoms with Gasteiger partial charge < -0.3 is 10.4 Å². The Morgan fingerprint density at radius 3 is 2.50 bits per heavy atom. The number of hydrogen-bond donors (Lipinski definition) is 3. The minimum absolute atomic E-state index is 0.0294. The number of rotatable bonds is 7. The molecule has 1 saturated carbocycles. The standard InChI is InChI=1S/C12H15N3O6S/c16-11(17)13-7-12(5-6-12)8-14-22(20,21)10-4-2-1-3-9(10)15(18)19/h1-4,13-14H,5-8H2,(H,16,17). The minimum Gasteiger partial charge on any atom is -0.465 e. The molecule has 1 amide bonds. The van der Waals surface area contributed by atoms with E-state index in [2.05, 4.69) is 10.0 Å². The Morgan fingerprint density at radius 1 is 1.32 bits per heavy atom. The Bertz CT molecular complexity index is 699. The minimum atomic E-state index is -4.03. The number of amides is 1. The Labute approximate surface area is 126 Å². The third-order valence-corrected chi connectivity index (χ3v) is 5.01. The van der Waals surface area contributed by atoms with Gasteiger partial charge in [-0.05, 0) is 18.9 Å². The highest BCUT2D eigenvalue weighted by Gasteiger charge is 2.43. The third kappa shape index (κ3) is 3.71. The zero-order chi connectivity index (χ0) is 16.4. The van der Waals surface area contributed by atoms with Crippen molar-refractivity contribution in [2.24, 2.45) is 5.41 Å². The van der Waals surface area contributed by atoms with Crippen molar-refractivity contribution in [2.45, 2.75) is 17.7 Å². The molecule has 1 fully saturated rings.